The van der Waals surface area contributed by atoms with Gasteiger partial charge in [0, 0.05) is 23.1 Å². The van der Waals surface area contributed by atoms with Crippen LogP contribution in [-0.2, 0) is 4.79 Å². The summed E-state index contributed by atoms with van der Waals surface area (Å²) < 4.78 is 0. The fraction of sp³-hybridized carbons (Fsp3) is 0.417. The van der Waals surface area contributed by atoms with Gasteiger partial charge in [-0.05, 0) is 24.6 Å². The molecule has 0 saturated heterocycles. The summed E-state index contributed by atoms with van der Waals surface area (Å²) in [6.07, 6.45) is 1.28. The van der Waals surface area contributed by atoms with Crippen LogP contribution in [0.5, 0.6) is 0 Å². The van der Waals surface area contributed by atoms with Crippen molar-refractivity contribution in [2.45, 2.75) is 23.8 Å². The van der Waals surface area contributed by atoms with Gasteiger partial charge in [-0.15, -0.1) is 11.8 Å². The first kappa shape index (κ1) is 11.5. The van der Waals surface area contributed by atoms with Gasteiger partial charge in [-0.2, -0.15) is 0 Å². The number of carbonyl (C=O) groups excluding carboxylic acids is 1. The van der Waals surface area contributed by atoms with E-state index in [0.29, 0.717) is 12.5 Å². The molecule has 1 aliphatic heterocycles. The molecule has 1 heterocycles. The van der Waals surface area contributed by atoms with Crippen molar-refractivity contribution < 1.29 is 4.79 Å². The standard InChI is InChI=1S/C12H16N2OS/c13-12(15)6-3-7-14-10-8-16-11-5-2-1-4-9(10)11/h1-2,4-5,10,14H,3,6-8H2,(H2,13,15). The lowest BCUT2D eigenvalue weighted by Crippen LogP contribution is -2.23. The van der Waals surface area contributed by atoms with Crippen molar-refractivity contribution in [1.82, 2.24) is 5.32 Å². The molecule has 1 unspecified atom stereocenters. The van der Waals surface area contributed by atoms with E-state index >= 15 is 0 Å². The van der Waals surface area contributed by atoms with Crippen molar-refractivity contribution >= 4 is 17.7 Å². The lowest BCUT2D eigenvalue weighted by atomic mass is 10.1. The van der Waals surface area contributed by atoms with E-state index in [4.69, 9.17) is 5.73 Å². The Hall–Kier alpha value is -1.00. The first-order chi connectivity index (χ1) is 7.77. The maximum Gasteiger partial charge on any atom is 0.217 e. The zero-order valence-corrected chi connectivity index (χ0v) is 9.93. The van der Waals surface area contributed by atoms with Gasteiger partial charge in [-0.25, -0.2) is 0 Å². The van der Waals surface area contributed by atoms with Gasteiger partial charge >= 0.3 is 0 Å². The molecule has 1 amide bonds. The zero-order valence-electron chi connectivity index (χ0n) is 9.11. The molecule has 0 fully saturated rings. The van der Waals surface area contributed by atoms with Crippen LogP contribution >= 0.6 is 11.8 Å². The number of nitrogens with two attached hydrogens (primary N) is 1. The highest BCUT2D eigenvalue weighted by Gasteiger charge is 2.21. The summed E-state index contributed by atoms with van der Waals surface area (Å²) in [7, 11) is 0. The van der Waals surface area contributed by atoms with Crippen molar-refractivity contribution in [3.05, 3.63) is 29.8 Å². The van der Waals surface area contributed by atoms with Crippen molar-refractivity contribution in [3.8, 4) is 0 Å². The highest BCUT2D eigenvalue weighted by molar-refractivity contribution is 7.99. The Bertz CT molecular complexity index is 381. The fourth-order valence-corrected chi connectivity index (χ4v) is 3.07. The summed E-state index contributed by atoms with van der Waals surface area (Å²) in [6.45, 7) is 0.850. The summed E-state index contributed by atoms with van der Waals surface area (Å²) in [4.78, 5) is 12.0. The minimum absolute atomic E-state index is 0.219. The third-order valence-electron chi connectivity index (χ3n) is 2.69. The fourth-order valence-electron chi connectivity index (χ4n) is 1.87. The summed E-state index contributed by atoms with van der Waals surface area (Å²) in [6, 6.07) is 8.89. The smallest absolute Gasteiger partial charge is 0.217 e. The van der Waals surface area contributed by atoms with E-state index in [1.165, 1.54) is 10.5 Å². The largest absolute Gasteiger partial charge is 0.370 e. The highest BCUT2D eigenvalue weighted by atomic mass is 32.2. The Kier molecular flexibility index (Phi) is 3.85. The predicted octanol–water partition coefficient (Wildman–Crippen LogP) is 1.69. The first-order valence-electron chi connectivity index (χ1n) is 5.51. The second-order valence-electron chi connectivity index (χ2n) is 3.93. The maximum absolute atomic E-state index is 10.6. The van der Waals surface area contributed by atoms with Crippen molar-refractivity contribution in [2.75, 3.05) is 12.3 Å². The Morgan fingerprint density at radius 2 is 2.31 bits per heavy atom. The number of primary amides is 1. The molecule has 3 N–H and O–H groups in total. The number of thioether (sulfide) groups is 1. The number of hydrogen-bond acceptors (Lipinski definition) is 3. The van der Waals surface area contributed by atoms with E-state index in [2.05, 4.69) is 29.6 Å². The average molecular weight is 236 g/mol. The van der Waals surface area contributed by atoms with Crippen molar-refractivity contribution in [1.29, 1.82) is 0 Å². The highest BCUT2D eigenvalue weighted by Crippen LogP contribution is 2.37. The molecule has 3 nitrogen and oxygen atoms in total. The molecule has 16 heavy (non-hydrogen) atoms. The van der Waals surface area contributed by atoms with E-state index in [1.807, 2.05) is 11.8 Å². The minimum Gasteiger partial charge on any atom is -0.370 e. The van der Waals surface area contributed by atoms with Crippen LogP contribution in [0.2, 0.25) is 0 Å². The third kappa shape index (κ3) is 2.77. The van der Waals surface area contributed by atoms with Crippen molar-refractivity contribution in [2.24, 2.45) is 5.73 Å². The number of benzene rings is 1. The lowest BCUT2D eigenvalue weighted by molar-refractivity contribution is -0.118. The monoisotopic (exact) mass is 236 g/mol. The summed E-state index contributed by atoms with van der Waals surface area (Å²) in [5.41, 5.74) is 6.47. The van der Waals surface area contributed by atoms with Crippen LogP contribution in [0.4, 0.5) is 0 Å². The van der Waals surface area contributed by atoms with Crippen LogP contribution in [0.25, 0.3) is 0 Å². The Morgan fingerprint density at radius 1 is 1.50 bits per heavy atom. The van der Waals surface area contributed by atoms with E-state index in [9.17, 15) is 4.79 Å². The number of carbonyl (C=O) groups is 1. The van der Waals surface area contributed by atoms with Gasteiger partial charge in [0.05, 0.1) is 0 Å². The van der Waals surface area contributed by atoms with Gasteiger partial charge in [0.1, 0.15) is 0 Å². The quantitative estimate of drug-likeness (QED) is 0.765. The van der Waals surface area contributed by atoms with Crippen LogP contribution in [0.15, 0.2) is 29.2 Å². The van der Waals surface area contributed by atoms with E-state index in [0.717, 1.165) is 18.7 Å². The van der Waals surface area contributed by atoms with Crippen LogP contribution < -0.4 is 11.1 Å². The molecule has 1 atom stereocenters. The lowest BCUT2D eigenvalue weighted by Gasteiger charge is -2.12. The summed E-state index contributed by atoms with van der Waals surface area (Å²) in [5.74, 6) is 0.860. The molecule has 86 valence electrons. The number of hydrogen-bond donors (Lipinski definition) is 2. The van der Waals surface area contributed by atoms with E-state index in [1.54, 1.807) is 0 Å². The molecule has 2 rings (SSSR count). The zero-order chi connectivity index (χ0) is 11.4. The number of nitrogens with one attached hydrogen (secondary N) is 1. The molecule has 0 bridgehead atoms. The molecular weight excluding hydrogens is 220 g/mol. The van der Waals surface area contributed by atoms with Gasteiger partial charge in [0.15, 0.2) is 0 Å². The first-order valence-corrected chi connectivity index (χ1v) is 6.49. The second-order valence-corrected chi connectivity index (χ2v) is 4.99. The van der Waals surface area contributed by atoms with Gasteiger partial charge in [-0.3, -0.25) is 4.79 Å². The van der Waals surface area contributed by atoms with E-state index in [-0.39, 0.29) is 5.91 Å². The van der Waals surface area contributed by atoms with Crippen LogP contribution in [-0.4, -0.2) is 18.2 Å². The summed E-state index contributed by atoms with van der Waals surface area (Å²) in [5, 5.41) is 3.46. The summed E-state index contributed by atoms with van der Waals surface area (Å²) >= 11 is 1.89. The molecule has 1 aromatic carbocycles. The van der Waals surface area contributed by atoms with Gasteiger partial charge < -0.3 is 11.1 Å². The Balaban J connectivity index is 1.82. The van der Waals surface area contributed by atoms with E-state index < -0.39 is 0 Å². The normalized spacial score (nSPS) is 18.4. The van der Waals surface area contributed by atoms with Gasteiger partial charge in [0.2, 0.25) is 5.91 Å². The molecule has 1 aromatic rings. The Labute approximate surface area is 99.8 Å². The van der Waals surface area contributed by atoms with Crippen LogP contribution in [0.1, 0.15) is 24.4 Å². The van der Waals surface area contributed by atoms with Gasteiger partial charge in [0.25, 0.3) is 0 Å². The molecule has 0 aliphatic carbocycles. The second kappa shape index (κ2) is 5.37. The molecule has 0 aromatic heterocycles. The average Bonchev–Trinajstić information content (AvgIpc) is 2.68. The molecule has 0 spiro atoms. The molecular formula is C12H16N2OS. The Morgan fingerprint density at radius 3 is 3.12 bits per heavy atom. The van der Waals surface area contributed by atoms with Crippen molar-refractivity contribution in [3.63, 3.8) is 0 Å². The van der Waals surface area contributed by atoms with Gasteiger partial charge in [-0.1, -0.05) is 18.2 Å². The van der Waals surface area contributed by atoms with Crippen LogP contribution in [0.3, 0.4) is 0 Å². The number of fused-ring (bicyclic) bond motifs is 1. The topological polar surface area (TPSA) is 55.1 Å². The molecule has 4 heteroatoms. The molecule has 1 aliphatic rings. The minimum atomic E-state index is -0.219. The molecule has 0 saturated carbocycles. The molecule has 0 radical (unpaired) electrons. The predicted molar refractivity (Wildman–Crippen MR) is 66.3 cm³/mol. The third-order valence-corrected chi connectivity index (χ3v) is 3.87. The maximum atomic E-state index is 10.6. The SMILES string of the molecule is NC(=O)CCCNC1CSc2ccccc21. The number of rotatable bonds is 5. The van der Waals surface area contributed by atoms with Crippen LogP contribution in [0, 0.1) is 0 Å². The number of amides is 1.